The predicted molar refractivity (Wildman–Crippen MR) is 72.8 cm³/mol. The van der Waals surface area contributed by atoms with Gasteiger partial charge in [0.15, 0.2) is 0 Å². The van der Waals surface area contributed by atoms with E-state index in [-0.39, 0.29) is 0 Å². The molecule has 1 saturated carbocycles. The number of hydrogen-bond acceptors (Lipinski definition) is 4. The molecule has 2 aliphatic rings. The summed E-state index contributed by atoms with van der Waals surface area (Å²) in [6.45, 7) is 6.60. The molecule has 2 heterocycles. The molecule has 4 nitrogen and oxygen atoms in total. The van der Waals surface area contributed by atoms with Crippen LogP contribution in [0, 0.1) is 6.92 Å². The molecule has 3 rings (SSSR count). The van der Waals surface area contributed by atoms with Gasteiger partial charge in [0.05, 0.1) is 5.69 Å². The van der Waals surface area contributed by atoms with Gasteiger partial charge in [-0.05, 0) is 19.8 Å². The van der Waals surface area contributed by atoms with Gasteiger partial charge in [0.1, 0.15) is 5.82 Å². The van der Waals surface area contributed by atoms with Crippen LogP contribution in [0.15, 0.2) is 12.4 Å². The van der Waals surface area contributed by atoms with E-state index in [1.54, 1.807) is 12.4 Å². The van der Waals surface area contributed by atoms with Crippen LogP contribution < -0.4 is 4.90 Å². The number of nitrogens with zero attached hydrogens (tertiary/aromatic N) is 4. The first kappa shape index (κ1) is 11.9. The van der Waals surface area contributed by atoms with Crippen molar-refractivity contribution in [1.82, 2.24) is 14.9 Å². The topological polar surface area (TPSA) is 32.3 Å². The summed E-state index contributed by atoms with van der Waals surface area (Å²) in [4.78, 5) is 13.9. The second-order valence-corrected chi connectivity index (χ2v) is 5.43. The molecule has 0 bridgehead atoms. The third-order valence-electron chi connectivity index (χ3n) is 4.31. The maximum absolute atomic E-state index is 4.47. The molecule has 98 valence electrons. The van der Waals surface area contributed by atoms with Crippen molar-refractivity contribution < 1.29 is 0 Å². The Hall–Kier alpha value is -1.16. The Morgan fingerprint density at radius 2 is 1.67 bits per heavy atom. The summed E-state index contributed by atoms with van der Waals surface area (Å²) in [5.74, 6) is 1.07. The molecule has 0 aromatic carbocycles. The lowest BCUT2D eigenvalue weighted by Gasteiger charge is -2.38. The molecule has 1 aliphatic heterocycles. The highest BCUT2D eigenvalue weighted by atomic mass is 15.3. The van der Waals surface area contributed by atoms with Crippen LogP contribution in [-0.4, -0.2) is 47.1 Å². The zero-order valence-corrected chi connectivity index (χ0v) is 11.2. The second kappa shape index (κ2) is 5.22. The van der Waals surface area contributed by atoms with Gasteiger partial charge in [0, 0.05) is 44.6 Å². The average molecular weight is 246 g/mol. The van der Waals surface area contributed by atoms with Crippen LogP contribution in [0.25, 0.3) is 0 Å². The van der Waals surface area contributed by atoms with Crippen LogP contribution >= 0.6 is 0 Å². The normalized spacial score (nSPS) is 22.6. The Labute approximate surface area is 109 Å². The van der Waals surface area contributed by atoms with Gasteiger partial charge in [-0.15, -0.1) is 0 Å². The molecule has 1 aromatic rings. The lowest BCUT2D eigenvalue weighted by Crippen LogP contribution is -2.50. The molecule has 0 unspecified atom stereocenters. The number of aromatic nitrogens is 2. The van der Waals surface area contributed by atoms with Crippen molar-refractivity contribution in [3.05, 3.63) is 18.1 Å². The molecule has 18 heavy (non-hydrogen) atoms. The molecule has 1 aromatic heterocycles. The Morgan fingerprint density at radius 3 is 2.33 bits per heavy atom. The lowest BCUT2D eigenvalue weighted by molar-refractivity contribution is 0.187. The third-order valence-corrected chi connectivity index (χ3v) is 4.31. The zero-order chi connectivity index (χ0) is 12.4. The van der Waals surface area contributed by atoms with E-state index in [1.165, 1.54) is 38.8 Å². The summed E-state index contributed by atoms with van der Waals surface area (Å²) in [6, 6.07) is 0.857. The number of hydrogen-bond donors (Lipinski definition) is 0. The van der Waals surface area contributed by atoms with E-state index in [2.05, 4.69) is 19.8 Å². The number of rotatable bonds is 2. The van der Waals surface area contributed by atoms with E-state index in [9.17, 15) is 0 Å². The standard InChI is InChI=1S/C14H22N4/c1-12-14(16-7-6-15-12)18-10-8-17(9-11-18)13-4-2-3-5-13/h6-7,13H,2-5,8-11H2,1H3. The lowest BCUT2D eigenvalue weighted by atomic mass is 10.2. The Morgan fingerprint density at radius 1 is 1.00 bits per heavy atom. The van der Waals surface area contributed by atoms with Crippen LogP contribution in [0.1, 0.15) is 31.4 Å². The van der Waals surface area contributed by atoms with Crippen molar-refractivity contribution in [2.24, 2.45) is 0 Å². The SMILES string of the molecule is Cc1nccnc1N1CCN(C2CCCC2)CC1. The van der Waals surface area contributed by atoms with Crippen LogP contribution in [0.2, 0.25) is 0 Å². The van der Waals surface area contributed by atoms with E-state index < -0.39 is 0 Å². The fraction of sp³-hybridized carbons (Fsp3) is 0.714. The van der Waals surface area contributed by atoms with E-state index in [0.29, 0.717) is 0 Å². The number of piperazine rings is 1. The summed E-state index contributed by atoms with van der Waals surface area (Å²) in [6.07, 6.45) is 9.23. The zero-order valence-electron chi connectivity index (χ0n) is 11.2. The van der Waals surface area contributed by atoms with Gasteiger partial charge < -0.3 is 4.90 Å². The summed E-state index contributed by atoms with van der Waals surface area (Å²) < 4.78 is 0. The number of anilines is 1. The largest absolute Gasteiger partial charge is 0.353 e. The molecular weight excluding hydrogens is 224 g/mol. The molecule has 0 N–H and O–H groups in total. The van der Waals surface area contributed by atoms with Gasteiger partial charge in [-0.2, -0.15) is 0 Å². The first-order valence-corrected chi connectivity index (χ1v) is 7.11. The van der Waals surface area contributed by atoms with E-state index in [4.69, 9.17) is 0 Å². The van der Waals surface area contributed by atoms with Crippen molar-refractivity contribution in [1.29, 1.82) is 0 Å². The second-order valence-electron chi connectivity index (χ2n) is 5.43. The summed E-state index contributed by atoms with van der Waals surface area (Å²) in [5.41, 5.74) is 1.05. The minimum Gasteiger partial charge on any atom is -0.353 e. The minimum atomic E-state index is 0.857. The maximum atomic E-state index is 4.47. The van der Waals surface area contributed by atoms with Gasteiger partial charge in [0.2, 0.25) is 0 Å². The number of aryl methyl sites for hydroxylation is 1. The van der Waals surface area contributed by atoms with Gasteiger partial charge in [-0.25, -0.2) is 4.98 Å². The quantitative estimate of drug-likeness (QED) is 0.797. The summed E-state index contributed by atoms with van der Waals surface area (Å²) in [5, 5.41) is 0. The molecule has 1 aliphatic carbocycles. The van der Waals surface area contributed by atoms with Crippen molar-refractivity contribution in [3.8, 4) is 0 Å². The summed E-state index contributed by atoms with van der Waals surface area (Å²) in [7, 11) is 0. The van der Waals surface area contributed by atoms with Crippen LogP contribution in [0.4, 0.5) is 5.82 Å². The Bertz CT molecular complexity index is 393. The Balaban J connectivity index is 1.61. The average Bonchev–Trinajstić information content (AvgIpc) is 2.94. The van der Waals surface area contributed by atoms with Crippen LogP contribution in [0.5, 0.6) is 0 Å². The van der Waals surface area contributed by atoms with Gasteiger partial charge in [0.25, 0.3) is 0 Å². The molecular formula is C14H22N4. The van der Waals surface area contributed by atoms with Crippen molar-refractivity contribution >= 4 is 5.82 Å². The maximum Gasteiger partial charge on any atom is 0.150 e. The van der Waals surface area contributed by atoms with Gasteiger partial charge in [-0.3, -0.25) is 9.88 Å². The highest BCUT2D eigenvalue weighted by Crippen LogP contribution is 2.25. The third kappa shape index (κ3) is 2.34. The van der Waals surface area contributed by atoms with E-state index >= 15 is 0 Å². The highest BCUT2D eigenvalue weighted by molar-refractivity contribution is 5.42. The molecule has 2 fully saturated rings. The highest BCUT2D eigenvalue weighted by Gasteiger charge is 2.26. The van der Waals surface area contributed by atoms with Crippen molar-refractivity contribution in [2.75, 3.05) is 31.1 Å². The minimum absolute atomic E-state index is 0.857. The Kier molecular flexibility index (Phi) is 3.46. The fourth-order valence-electron chi connectivity index (χ4n) is 3.28. The van der Waals surface area contributed by atoms with Gasteiger partial charge in [-0.1, -0.05) is 12.8 Å². The van der Waals surface area contributed by atoms with Crippen LogP contribution in [0.3, 0.4) is 0 Å². The monoisotopic (exact) mass is 246 g/mol. The molecule has 0 radical (unpaired) electrons. The summed E-state index contributed by atoms with van der Waals surface area (Å²) >= 11 is 0. The predicted octanol–water partition coefficient (Wildman–Crippen LogP) is 1.85. The van der Waals surface area contributed by atoms with Crippen LogP contribution in [-0.2, 0) is 0 Å². The molecule has 1 saturated heterocycles. The first-order valence-electron chi connectivity index (χ1n) is 7.11. The van der Waals surface area contributed by atoms with Crippen molar-refractivity contribution in [2.45, 2.75) is 38.6 Å². The molecule has 0 amide bonds. The van der Waals surface area contributed by atoms with E-state index in [0.717, 1.165) is 30.6 Å². The van der Waals surface area contributed by atoms with Gasteiger partial charge >= 0.3 is 0 Å². The molecule has 0 atom stereocenters. The van der Waals surface area contributed by atoms with Crippen molar-refractivity contribution in [3.63, 3.8) is 0 Å². The fourth-order valence-corrected chi connectivity index (χ4v) is 3.28. The first-order chi connectivity index (χ1) is 8.84. The molecule has 0 spiro atoms. The van der Waals surface area contributed by atoms with E-state index in [1.807, 2.05) is 6.92 Å². The molecule has 4 heteroatoms. The smallest absolute Gasteiger partial charge is 0.150 e.